The molecule has 4 nitrogen and oxygen atoms in total. The highest BCUT2D eigenvalue weighted by molar-refractivity contribution is 7.92. The lowest BCUT2D eigenvalue weighted by Gasteiger charge is -2.22. The van der Waals surface area contributed by atoms with E-state index in [0.717, 1.165) is 13.0 Å². The molecule has 0 radical (unpaired) electrons. The molecule has 0 saturated carbocycles. The van der Waals surface area contributed by atoms with Crippen molar-refractivity contribution in [2.45, 2.75) is 12.8 Å². The van der Waals surface area contributed by atoms with Crippen LogP contribution < -0.4 is 10.0 Å². The second-order valence-electron chi connectivity index (χ2n) is 4.94. The fraction of sp³-hybridized carbons (Fsp3) is 0.500. The molecule has 1 aromatic carbocycles. The standard InChI is InChI=1S/C12H14F4N2O2S/c13-8-4-9(14)11(16)12(10(8)15)18-21(19,20)6-7-2-1-3-17-5-7/h4,7,17-18H,1-3,5-6H2. The number of hydrogen-bond acceptors (Lipinski definition) is 3. The molecule has 1 unspecified atom stereocenters. The van der Waals surface area contributed by atoms with E-state index in [4.69, 9.17) is 0 Å². The van der Waals surface area contributed by atoms with Crippen LogP contribution in [0, 0.1) is 29.2 Å². The maximum absolute atomic E-state index is 13.4. The molecule has 0 aliphatic carbocycles. The van der Waals surface area contributed by atoms with E-state index < -0.39 is 39.0 Å². The van der Waals surface area contributed by atoms with Crippen LogP contribution in [0.25, 0.3) is 0 Å². The van der Waals surface area contributed by atoms with Crippen LogP contribution >= 0.6 is 0 Å². The molecule has 1 aliphatic rings. The van der Waals surface area contributed by atoms with Gasteiger partial charge < -0.3 is 5.32 Å². The number of piperidine rings is 1. The number of anilines is 1. The van der Waals surface area contributed by atoms with E-state index in [-0.39, 0.29) is 17.7 Å². The molecular weight excluding hydrogens is 312 g/mol. The maximum atomic E-state index is 13.4. The van der Waals surface area contributed by atoms with Crippen molar-refractivity contribution in [1.82, 2.24) is 5.32 Å². The molecule has 1 aromatic rings. The van der Waals surface area contributed by atoms with Crippen LogP contribution in [0.3, 0.4) is 0 Å². The number of benzene rings is 1. The molecule has 0 spiro atoms. The normalized spacial score (nSPS) is 19.5. The van der Waals surface area contributed by atoms with Gasteiger partial charge in [0.15, 0.2) is 23.3 Å². The maximum Gasteiger partial charge on any atom is 0.233 e. The van der Waals surface area contributed by atoms with Crippen LogP contribution in [0.1, 0.15) is 12.8 Å². The van der Waals surface area contributed by atoms with Gasteiger partial charge in [0.25, 0.3) is 0 Å². The van der Waals surface area contributed by atoms with Gasteiger partial charge in [0.05, 0.1) is 5.75 Å². The molecule has 0 aromatic heterocycles. The molecular formula is C12H14F4N2O2S. The molecule has 0 bridgehead atoms. The van der Waals surface area contributed by atoms with E-state index in [1.807, 2.05) is 0 Å². The van der Waals surface area contributed by atoms with Crippen molar-refractivity contribution in [3.05, 3.63) is 29.3 Å². The van der Waals surface area contributed by atoms with E-state index in [9.17, 15) is 26.0 Å². The van der Waals surface area contributed by atoms with E-state index in [1.54, 1.807) is 4.72 Å². The van der Waals surface area contributed by atoms with Gasteiger partial charge in [-0.2, -0.15) is 0 Å². The molecule has 9 heteroatoms. The van der Waals surface area contributed by atoms with Gasteiger partial charge in [-0.1, -0.05) is 0 Å². The zero-order valence-corrected chi connectivity index (χ0v) is 11.7. The van der Waals surface area contributed by atoms with Crippen molar-refractivity contribution in [2.75, 3.05) is 23.6 Å². The fourth-order valence-electron chi connectivity index (χ4n) is 2.24. The van der Waals surface area contributed by atoms with Crippen LogP contribution in [-0.2, 0) is 10.0 Å². The Kier molecular flexibility index (Phi) is 4.72. The number of nitrogens with one attached hydrogen (secondary N) is 2. The summed E-state index contributed by atoms with van der Waals surface area (Å²) in [7, 11) is -4.12. The molecule has 0 amide bonds. The van der Waals surface area contributed by atoms with Crippen LogP contribution in [-0.4, -0.2) is 27.3 Å². The summed E-state index contributed by atoms with van der Waals surface area (Å²) in [6.45, 7) is 1.24. The molecule has 2 rings (SSSR count). The summed E-state index contributed by atoms with van der Waals surface area (Å²) in [6.07, 6.45) is 1.44. The van der Waals surface area contributed by atoms with E-state index in [1.165, 1.54) is 0 Å². The predicted octanol–water partition coefficient (Wildman–Crippen LogP) is 1.98. The molecule has 2 N–H and O–H groups in total. The summed E-state index contributed by atoms with van der Waals surface area (Å²) in [5.41, 5.74) is -1.32. The average molecular weight is 326 g/mol. The topological polar surface area (TPSA) is 58.2 Å². The summed E-state index contributed by atoms with van der Waals surface area (Å²) in [5, 5.41) is 3.00. The van der Waals surface area contributed by atoms with Crippen LogP contribution in [0.5, 0.6) is 0 Å². The first kappa shape index (κ1) is 16.0. The Balaban J connectivity index is 2.20. The summed E-state index contributed by atoms with van der Waals surface area (Å²) in [6, 6.07) is 0.0214. The minimum Gasteiger partial charge on any atom is -0.316 e. The van der Waals surface area contributed by atoms with Crippen molar-refractivity contribution < 1.29 is 26.0 Å². The van der Waals surface area contributed by atoms with Gasteiger partial charge in [-0.05, 0) is 31.8 Å². The third kappa shape index (κ3) is 3.85. The van der Waals surface area contributed by atoms with Gasteiger partial charge in [0.1, 0.15) is 5.69 Å². The highest BCUT2D eigenvalue weighted by atomic mass is 32.2. The molecule has 1 atom stereocenters. The minimum atomic E-state index is -4.12. The second kappa shape index (κ2) is 6.18. The van der Waals surface area contributed by atoms with Crippen molar-refractivity contribution in [3.8, 4) is 0 Å². The first-order valence-electron chi connectivity index (χ1n) is 6.34. The molecule has 21 heavy (non-hydrogen) atoms. The summed E-state index contributed by atoms with van der Waals surface area (Å²) in [5.74, 6) is -7.45. The fourth-order valence-corrected chi connectivity index (χ4v) is 3.72. The van der Waals surface area contributed by atoms with Crippen LogP contribution in [0.4, 0.5) is 23.2 Å². The zero-order valence-electron chi connectivity index (χ0n) is 10.9. The quantitative estimate of drug-likeness (QED) is 0.657. The van der Waals surface area contributed by atoms with Gasteiger partial charge in [0.2, 0.25) is 10.0 Å². The smallest absolute Gasteiger partial charge is 0.233 e. The van der Waals surface area contributed by atoms with Crippen LogP contribution in [0.2, 0.25) is 0 Å². The number of sulfonamides is 1. The van der Waals surface area contributed by atoms with Gasteiger partial charge in [-0.25, -0.2) is 26.0 Å². The summed E-state index contributed by atoms with van der Waals surface area (Å²) in [4.78, 5) is 0. The Morgan fingerprint density at radius 3 is 2.33 bits per heavy atom. The van der Waals surface area contributed by atoms with E-state index in [2.05, 4.69) is 5.32 Å². The Labute approximate surface area is 119 Å². The first-order valence-corrected chi connectivity index (χ1v) is 7.99. The number of halogens is 4. The Morgan fingerprint density at radius 2 is 1.81 bits per heavy atom. The SMILES string of the molecule is O=S(=O)(CC1CCCNC1)Nc1c(F)c(F)cc(F)c1F. The zero-order chi connectivity index (χ0) is 15.6. The minimum absolute atomic E-state index is 0.0214. The predicted molar refractivity (Wildman–Crippen MR) is 69.3 cm³/mol. The van der Waals surface area contributed by atoms with Crippen molar-refractivity contribution >= 4 is 15.7 Å². The third-order valence-corrected chi connectivity index (χ3v) is 4.65. The van der Waals surface area contributed by atoms with Crippen LogP contribution in [0.15, 0.2) is 6.07 Å². The lowest BCUT2D eigenvalue weighted by molar-refractivity contribution is 0.404. The molecule has 1 aliphatic heterocycles. The van der Waals surface area contributed by atoms with E-state index in [0.29, 0.717) is 13.0 Å². The van der Waals surface area contributed by atoms with Crippen molar-refractivity contribution in [1.29, 1.82) is 0 Å². The second-order valence-corrected chi connectivity index (χ2v) is 6.71. The third-order valence-electron chi connectivity index (χ3n) is 3.22. The van der Waals surface area contributed by atoms with Crippen molar-refractivity contribution in [2.24, 2.45) is 5.92 Å². The Morgan fingerprint density at radius 1 is 1.19 bits per heavy atom. The average Bonchev–Trinajstić information content (AvgIpc) is 2.42. The highest BCUT2D eigenvalue weighted by Crippen LogP contribution is 2.25. The lowest BCUT2D eigenvalue weighted by atomic mass is 10.0. The molecule has 118 valence electrons. The van der Waals surface area contributed by atoms with Gasteiger partial charge in [0, 0.05) is 6.07 Å². The summed E-state index contributed by atoms with van der Waals surface area (Å²) < 4.78 is 78.3. The van der Waals surface area contributed by atoms with Gasteiger partial charge in [-0.3, -0.25) is 4.72 Å². The molecule has 1 fully saturated rings. The van der Waals surface area contributed by atoms with Gasteiger partial charge in [-0.15, -0.1) is 0 Å². The lowest BCUT2D eigenvalue weighted by Crippen LogP contribution is -2.35. The van der Waals surface area contributed by atoms with E-state index >= 15 is 0 Å². The van der Waals surface area contributed by atoms with Crippen molar-refractivity contribution in [3.63, 3.8) is 0 Å². The number of rotatable bonds is 4. The molecule has 1 heterocycles. The first-order chi connectivity index (χ1) is 9.80. The molecule has 1 saturated heterocycles. The summed E-state index contributed by atoms with van der Waals surface area (Å²) >= 11 is 0. The van der Waals surface area contributed by atoms with Gasteiger partial charge >= 0.3 is 0 Å². The Hall–Kier alpha value is -1.35. The monoisotopic (exact) mass is 326 g/mol. The largest absolute Gasteiger partial charge is 0.316 e. The highest BCUT2D eigenvalue weighted by Gasteiger charge is 2.26. The Bertz CT molecular complexity index is 604. The number of hydrogen-bond donors (Lipinski definition) is 2.